The summed E-state index contributed by atoms with van der Waals surface area (Å²) in [6, 6.07) is 12.3. The number of nitrogens with one attached hydrogen (secondary N) is 1. The van der Waals surface area contributed by atoms with Crippen molar-refractivity contribution < 1.29 is 14.3 Å². The van der Waals surface area contributed by atoms with E-state index in [1.165, 1.54) is 4.90 Å². The van der Waals surface area contributed by atoms with Gasteiger partial charge in [-0.05, 0) is 44.2 Å². The highest BCUT2D eigenvalue weighted by Crippen LogP contribution is 2.17. The topological polar surface area (TPSA) is 89.3 Å². The number of nitrogens with zero attached hydrogens (tertiary/aromatic N) is 4. The molecule has 146 valence electrons. The summed E-state index contributed by atoms with van der Waals surface area (Å²) < 4.78 is 6.92. The van der Waals surface area contributed by atoms with Crippen LogP contribution in [0.2, 0.25) is 0 Å². The first-order valence-corrected chi connectivity index (χ1v) is 9.12. The van der Waals surface area contributed by atoms with Crippen LogP contribution in [0.3, 0.4) is 0 Å². The number of hydrogen-bond acceptors (Lipinski definition) is 5. The number of carbonyl (C=O) groups excluding carboxylic acids is 2. The second-order valence-electron chi connectivity index (χ2n) is 6.21. The third-order valence-corrected chi connectivity index (χ3v) is 4.42. The molecule has 3 aromatic rings. The first kappa shape index (κ1) is 19.3. The van der Waals surface area contributed by atoms with Crippen molar-refractivity contribution in [2.75, 3.05) is 25.5 Å². The van der Waals surface area contributed by atoms with E-state index in [-0.39, 0.29) is 18.4 Å². The number of carbonyl (C=O) groups is 2. The lowest BCUT2D eigenvalue weighted by atomic mass is 10.1. The van der Waals surface area contributed by atoms with Crippen LogP contribution in [0, 0.1) is 0 Å². The molecule has 8 heteroatoms. The minimum atomic E-state index is -0.276. The summed E-state index contributed by atoms with van der Waals surface area (Å²) in [7, 11) is 1.56. The predicted molar refractivity (Wildman–Crippen MR) is 106 cm³/mol. The predicted octanol–water partition coefficient (Wildman–Crippen LogP) is 2.56. The normalized spacial score (nSPS) is 10.7. The average molecular weight is 381 g/mol. The zero-order valence-electron chi connectivity index (χ0n) is 16.2. The molecule has 1 N–H and O–H groups in total. The second-order valence-corrected chi connectivity index (χ2v) is 6.21. The van der Waals surface area contributed by atoms with E-state index < -0.39 is 0 Å². The molecule has 0 atom stereocenters. The van der Waals surface area contributed by atoms with E-state index in [9.17, 15) is 9.59 Å². The molecule has 0 saturated carbocycles. The van der Waals surface area contributed by atoms with Crippen molar-refractivity contribution in [2.45, 2.75) is 20.4 Å². The minimum Gasteiger partial charge on any atom is -0.497 e. The fourth-order valence-electron chi connectivity index (χ4n) is 2.92. The third kappa shape index (κ3) is 4.11. The second kappa shape index (κ2) is 8.51. The SMILES string of the molecule is CCN(CC(=O)Nc1cccc(OC)c1)C(=O)c1ccc2c(c1)nnn2CC. The zero-order chi connectivity index (χ0) is 20.1. The van der Waals surface area contributed by atoms with Gasteiger partial charge in [-0.1, -0.05) is 11.3 Å². The Bertz CT molecular complexity index is 998. The first-order chi connectivity index (χ1) is 13.5. The lowest BCUT2D eigenvalue weighted by Gasteiger charge is -2.20. The van der Waals surface area contributed by atoms with Crippen molar-refractivity contribution in [2.24, 2.45) is 0 Å². The smallest absolute Gasteiger partial charge is 0.254 e. The fourth-order valence-corrected chi connectivity index (χ4v) is 2.92. The number of likely N-dealkylation sites (N-methyl/N-ethyl adjacent to an activating group) is 1. The van der Waals surface area contributed by atoms with Gasteiger partial charge in [0, 0.05) is 30.4 Å². The molecule has 3 rings (SSSR count). The van der Waals surface area contributed by atoms with E-state index in [1.54, 1.807) is 48.2 Å². The van der Waals surface area contributed by atoms with Crippen molar-refractivity contribution >= 4 is 28.5 Å². The number of amides is 2. The van der Waals surface area contributed by atoms with Crippen LogP contribution in [0.1, 0.15) is 24.2 Å². The van der Waals surface area contributed by atoms with Gasteiger partial charge in [0.25, 0.3) is 5.91 Å². The lowest BCUT2D eigenvalue weighted by Crippen LogP contribution is -2.37. The van der Waals surface area contributed by atoms with Crippen molar-refractivity contribution in [3.8, 4) is 5.75 Å². The molecular weight excluding hydrogens is 358 g/mol. The zero-order valence-corrected chi connectivity index (χ0v) is 16.2. The summed E-state index contributed by atoms with van der Waals surface area (Å²) in [6.45, 7) is 4.88. The highest BCUT2D eigenvalue weighted by Gasteiger charge is 2.19. The molecule has 1 aromatic heterocycles. The lowest BCUT2D eigenvalue weighted by molar-refractivity contribution is -0.116. The molecule has 0 bridgehead atoms. The van der Waals surface area contributed by atoms with E-state index >= 15 is 0 Å². The van der Waals surface area contributed by atoms with E-state index in [0.29, 0.717) is 35.6 Å². The summed E-state index contributed by atoms with van der Waals surface area (Å²) >= 11 is 0. The summed E-state index contributed by atoms with van der Waals surface area (Å²) in [5.74, 6) is 0.146. The maximum absolute atomic E-state index is 12.9. The fraction of sp³-hybridized carbons (Fsp3) is 0.300. The third-order valence-electron chi connectivity index (χ3n) is 4.42. The average Bonchev–Trinajstić information content (AvgIpc) is 3.14. The molecule has 1 heterocycles. The van der Waals surface area contributed by atoms with Crippen LogP contribution in [0.4, 0.5) is 5.69 Å². The van der Waals surface area contributed by atoms with E-state index in [0.717, 1.165) is 5.52 Å². The summed E-state index contributed by atoms with van der Waals surface area (Å²) in [5.41, 5.74) is 2.62. The monoisotopic (exact) mass is 381 g/mol. The number of benzene rings is 2. The van der Waals surface area contributed by atoms with Crippen LogP contribution < -0.4 is 10.1 Å². The van der Waals surface area contributed by atoms with Gasteiger partial charge >= 0.3 is 0 Å². The summed E-state index contributed by atoms with van der Waals surface area (Å²) in [4.78, 5) is 26.7. The Kier molecular flexibility index (Phi) is 5.88. The van der Waals surface area contributed by atoms with Gasteiger partial charge in [-0.25, -0.2) is 4.68 Å². The molecule has 0 spiro atoms. The van der Waals surface area contributed by atoms with Gasteiger partial charge in [0.2, 0.25) is 5.91 Å². The van der Waals surface area contributed by atoms with Crippen LogP contribution in [0.25, 0.3) is 11.0 Å². The van der Waals surface area contributed by atoms with Gasteiger partial charge in [0.15, 0.2) is 0 Å². The number of hydrogen-bond donors (Lipinski definition) is 1. The van der Waals surface area contributed by atoms with Gasteiger partial charge in [-0.15, -0.1) is 5.10 Å². The summed E-state index contributed by atoms with van der Waals surface area (Å²) in [6.07, 6.45) is 0. The van der Waals surface area contributed by atoms with Crippen LogP contribution in [-0.2, 0) is 11.3 Å². The van der Waals surface area contributed by atoms with E-state index in [2.05, 4.69) is 15.6 Å². The Morgan fingerprint density at radius 3 is 2.71 bits per heavy atom. The Labute approximate surface area is 163 Å². The van der Waals surface area contributed by atoms with Crippen LogP contribution in [0.5, 0.6) is 5.75 Å². The van der Waals surface area contributed by atoms with Gasteiger partial charge in [-0.3, -0.25) is 9.59 Å². The van der Waals surface area contributed by atoms with Crippen LogP contribution in [0.15, 0.2) is 42.5 Å². The largest absolute Gasteiger partial charge is 0.497 e. The summed E-state index contributed by atoms with van der Waals surface area (Å²) in [5, 5.41) is 10.9. The number of rotatable bonds is 7. The Balaban J connectivity index is 1.71. The molecule has 0 aliphatic rings. The Morgan fingerprint density at radius 2 is 2.00 bits per heavy atom. The molecule has 0 aliphatic heterocycles. The molecule has 8 nitrogen and oxygen atoms in total. The number of methoxy groups -OCH3 is 1. The standard InChI is InChI=1S/C20H23N5O3/c1-4-24(13-19(26)21-15-7-6-8-16(12-15)28-3)20(27)14-9-10-18-17(11-14)22-23-25(18)5-2/h6-12H,4-5,13H2,1-3H3,(H,21,26). The molecule has 2 aromatic carbocycles. The molecule has 0 aliphatic carbocycles. The molecule has 28 heavy (non-hydrogen) atoms. The minimum absolute atomic E-state index is 0.0494. The molecule has 0 saturated heterocycles. The Morgan fingerprint density at radius 1 is 1.18 bits per heavy atom. The van der Waals surface area contributed by atoms with Gasteiger partial charge in [0.05, 0.1) is 12.6 Å². The maximum atomic E-state index is 12.9. The number of aryl methyl sites for hydroxylation is 1. The van der Waals surface area contributed by atoms with Crippen LogP contribution >= 0.6 is 0 Å². The number of ether oxygens (including phenoxy) is 1. The number of aromatic nitrogens is 3. The van der Waals surface area contributed by atoms with Crippen molar-refractivity contribution in [3.63, 3.8) is 0 Å². The van der Waals surface area contributed by atoms with Crippen molar-refractivity contribution in [3.05, 3.63) is 48.0 Å². The first-order valence-electron chi connectivity index (χ1n) is 9.12. The van der Waals surface area contributed by atoms with Crippen LogP contribution in [-0.4, -0.2) is 51.9 Å². The van der Waals surface area contributed by atoms with Crippen molar-refractivity contribution in [1.29, 1.82) is 0 Å². The number of anilines is 1. The van der Waals surface area contributed by atoms with Gasteiger partial charge < -0.3 is 15.0 Å². The molecule has 0 unspecified atom stereocenters. The van der Waals surface area contributed by atoms with E-state index in [1.807, 2.05) is 19.9 Å². The quantitative estimate of drug-likeness (QED) is 0.679. The maximum Gasteiger partial charge on any atom is 0.254 e. The highest BCUT2D eigenvalue weighted by molar-refractivity contribution is 6.01. The molecule has 2 amide bonds. The number of fused-ring (bicyclic) bond motifs is 1. The highest BCUT2D eigenvalue weighted by atomic mass is 16.5. The Hall–Kier alpha value is -3.42. The van der Waals surface area contributed by atoms with Gasteiger partial charge in [0.1, 0.15) is 17.8 Å². The van der Waals surface area contributed by atoms with E-state index in [4.69, 9.17) is 4.74 Å². The van der Waals surface area contributed by atoms with Gasteiger partial charge in [-0.2, -0.15) is 0 Å². The van der Waals surface area contributed by atoms with Crippen molar-refractivity contribution in [1.82, 2.24) is 19.9 Å². The molecule has 0 fully saturated rings. The molecular formula is C20H23N5O3. The molecule has 0 radical (unpaired) electrons.